The molecule has 20 heavy (non-hydrogen) atoms. The molecule has 2 unspecified atom stereocenters. The molecule has 0 aliphatic rings. The minimum atomic E-state index is -6.14. The van der Waals surface area contributed by atoms with Crippen molar-refractivity contribution in [1.82, 2.24) is 0 Å². The fourth-order valence-corrected chi connectivity index (χ4v) is 4.25. The number of rotatable bonds is 6. The van der Waals surface area contributed by atoms with E-state index in [2.05, 4.69) is 12.9 Å². The molecule has 0 bridgehead atoms. The van der Waals surface area contributed by atoms with Crippen LogP contribution < -0.4 is 169 Å². The van der Waals surface area contributed by atoms with Gasteiger partial charge in [-0.15, -0.1) is 0 Å². The Bertz CT molecular complexity index is 414. The van der Waals surface area contributed by atoms with E-state index in [0.717, 1.165) is 0 Å². The normalized spacial score (nSPS) is 17.5. The molecule has 0 aliphatic heterocycles. The standard InChI is InChI=1S/3K.H6O13P4/c;;;1-14(2,3)11-16(7,8)13-17(9,10)12-15(4,5)6/h;;;(H,7,8)(H,9,10)(H2,1,2,3)(H2,4,5,6)/q3*+1;/p-3. The first-order chi connectivity index (χ1) is 7.12. The summed E-state index contributed by atoms with van der Waals surface area (Å²) in [4.78, 5) is 54.7. The molecule has 0 radical (unpaired) electrons. The largest absolute Gasteiger partial charge is 1.00 e. The second-order valence-corrected chi connectivity index (χ2v) is 7.77. The van der Waals surface area contributed by atoms with Crippen LogP contribution in [0.1, 0.15) is 0 Å². The van der Waals surface area contributed by atoms with E-state index in [1.807, 2.05) is 0 Å². The molecule has 0 fully saturated rings. The minimum absolute atomic E-state index is 0. The molecule has 0 rings (SSSR count). The fourth-order valence-electron chi connectivity index (χ4n) is 0.413. The van der Waals surface area contributed by atoms with Crippen LogP contribution in [0, 0.1) is 0 Å². The summed E-state index contributed by atoms with van der Waals surface area (Å²) in [5.41, 5.74) is 0. The van der Waals surface area contributed by atoms with Gasteiger partial charge in [-0.25, -0.2) is 13.4 Å². The number of phosphoric acid groups is 4. The van der Waals surface area contributed by atoms with E-state index >= 15 is 0 Å². The van der Waals surface area contributed by atoms with E-state index in [1.165, 1.54) is 0 Å². The van der Waals surface area contributed by atoms with Gasteiger partial charge in [0.25, 0.3) is 7.82 Å². The summed E-state index contributed by atoms with van der Waals surface area (Å²) < 4.78 is 49.7. The summed E-state index contributed by atoms with van der Waals surface area (Å²) in [7, 11) is -23.7. The SMILES string of the molecule is O=P([O-])([O-])OP(=O)([O-])OP(=O)(O)OP(=O)(O)O.[K+].[K+].[K+]. The maximum absolute atomic E-state index is 10.6. The van der Waals surface area contributed by atoms with Crippen LogP contribution in [-0.4, -0.2) is 14.7 Å². The van der Waals surface area contributed by atoms with Crippen molar-refractivity contribution in [3.05, 3.63) is 0 Å². The Balaban J connectivity index is -0.000000427. The zero-order valence-electron chi connectivity index (χ0n) is 10.2. The van der Waals surface area contributed by atoms with Crippen LogP contribution in [0.25, 0.3) is 0 Å². The Morgan fingerprint density at radius 1 is 0.700 bits per heavy atom. The minimum Gasteiger partial charge on any atom is -0.790 e. The Labute approximate surface area is 239 Å². The Morgan fingerprint density at radius 2 is 1.05 bits per heavy atom. The third kappa shape index (κ3) is 21.5. The summed E-state index contributed by atoms with van der Waals surface area (Å²) in [5.74, 6) is 0. The van der Waals surface area contributed by atoms with Crippen molar-refractivity contribution in [1.29, 1.82) is 0 Å². The third-order valence-electron chi connectivity index (χ3n) is 0.613. The van der Waals surface area contributed by atoms with Crippen molar-refractivity contribution in [2.75, 3.05) is 0 Å². The zero-order valence-corrected chi connectivity index (χ0v) is 23.2. The summed E-state index contributed by atoms with van der Waals surface area (Å²) in [6.45, 7) is 0. The Kier molecular flexibility index (Phi) is 21.1. The molecule has 3 N–H and O–H groups in total. The van der Waals surface area contributed by atoms with Crippen molar-refractivity contribution < 1.29 is 215 Å². The van der Waals surface area contributed by atoms with Gasteiger partial charge in [0, 0.05) is 0 Å². The average molecular weight is 452 g/mol. The first-order valence-electron chi connectivity index (χ1n) is 2.97. The Morgan fingerprint density at radius 3 is 1.30 bits per heavy atom. The summed E-state index contributed by atoms with van der Waals surface area (Å²) in [6.07, 6.45) is 0. The molecular formula is H3K3O13P4. The molecular weight excluding hydrogens is 449 g/mol. The molecule has 0 saturated heterocycles. The van der Waals surface area contributed by atoms with Crippen molar-refractivity contribution >= 4 is 31.3 Å². The maximum Gasteiger partial charge on any atom is 1.00 e. The van der Waals surface area contributed by atoms with E-state index in [1.54, 1.807) is 0 Å². The van der Waals surface area contributed by atoms with Crippen molar-refractivity contribution in [2.45, 2.75) is 0 Å². The summed E-state index contributed by atoms with van der Waals surface area (Å²) in [5, 5.41) is 0. The van der Waals surface area contributed by atoms with Crippen molar-refractivity contribution in [3.63, 3.8) is 0 Å². The summed E-state index contributed by atoms with van der Waals surface area (Å²) in [6, 6.07) is 0. The van der Waals surface area contributed by atoms with E-state index < -0.39 is 31.3 Å². The van der Waals surface area contributed by atoms with Gasteiger partial charge in [0.05, 0.1) is 7.82 Å². The molecule has 20 heteroatoms. The van der Waals surface area contributed by atoms with Gasteiger partial charge >= 0.3 is 170 Å². The molecule has 2 atom stereocenters. The second-order valence-electron chi connectivity index (χ2n) is 2.10. The summed E-state index contributed by atoms with van der Waals surface area (Å²) >= 11 is 0. The molecule has 0 amide bonds. The number of hydrogen-bond acceptors (Lipinski definition) is 10. The first-order valence-corrected chi connectivity index (χ1v) is 8.92. The van der Waals surface area contributed by atoms with E-state index in [9.17, 15) is 32.9 Å². The van der Waals surface area contributed by atoms with Gasteiger partial charge in [0.2, 0.25) is 0 Å². The van der Waals surface area contributed by atoms with Gasteiger partial charge in [0.1, 0.15) is 0 Å². The molecule has 0 aromatic carbocycles. The van der Waals surface area contributed by atoms with Crippen LogP contribution in [-0.2, 0) is 31.2 Å². The van der Waals surface area contributed by atoms with Crippen LogP contribution in [0.15, 0.2) is 0 Å². The molecule has 13 nitrogen and oxygen atoms in total. The van der Waals surface area contributed by atoms with Crippen LogP contribution in [0.5, 0.6) is 0 Å². The number of hydrogen-bond donors (Lipinski definition) is 3. The van der Waals surface area contributed by atoms with Gasteiger partial charge in [0.15, 0.2) is 0 Å². The maximum atomic E-state index is 10.6. The van der Waals surface area contributed by atoms with Crippen LogP contribution in [0.4, 0.5) is 0 Å². The van der Waals surface area contributed by atoms with Gasteiger partial charge in [-0.2, -0.15) is 4.31 Å². The molecule has 104 valence electrons. The smallest absolute Gasteiger partial charge is 0.790 e. The molecule has 0 heterocycles. The van der Waals surface area contributed by atoms with Crippen molar-refractivity contribution in [2.24, 2.45) is 0 Å². The molecule has 0 spiro atoms. The predicted molar refractivity (Wildman–Crippen MR) is 40.3 cm³/mol. The van der Waals surface area contributed by atoms with E-state index in [4.69, 9.17) is 14.7 Å². The Hall–Kier alpha value is 5.47. The molecule has 0 aromatic rings. The second kappa shape index (κ2) is 12.8. The molecule has 0 aromatic heterocycles. The fraction of sp³-hybridized carbons (Fsp3) is 0. The topological polar surface area (TPSA) is 226 Å². The predicted octanol–water partition coefficient (Wildman–Crippen LogP) is -11.5. The van der Waals surface area contributed by atoms with Gasteiger partial charge in [-0.3, -0.25) is 8.88 Å². The first kappa shape index (κ1) is 33.1. The monoisotopic (exact) mass is 452 g/mol. The van der Waals surface area contributed by atoms with Crippen LogP contribution >= 0.6 is 31.3 Å². The molecule has 0 saturated carbocycles. The average Bonchev–Trinajstić information content (AvgIpc) is 1.65. The quantitative estimate of drug-likeness (QED) is 0.252. The molecule has 0 aliphatic carbocycles. The van der Waals surface area contributed by atoms with Gasteiger partial charge < -0.3 is 33.9 Å². The third-order valence-corrected chi connectivity index (χ3v) is 5.51. The van der Waals surface area contributed by atoms with Crippen LogP contribution in [0.3, 0.4) is 0 Å². The van der Waals surface area contributed by atoms with Crippen LogP contribution in [0.2, 0.25) is 0 Å². The van der Waals surface area contributed by atoms with Crippen molar-refractivity contribution in [3.8, 4) is 0 Å². The zero-order chi connectivity index (χ0) is 14.1. The van der Waals surface area contributed by atoms with Gasteiger partial charge in [-0.1, -0.05) is 0 Å². The van der Waals surface area contributed by atoms with E-state index in [0.29, 0.717) is 0 Å². The van der Waals surface area contributed by atoms with E-state index in [-0.39, 0.29) is 154 Å². The van der Waals surface area contributed by atoms with Gasteiger partial charge in [-0.05, 0) is 0 Å².